The molecule has 3 aromatic rings. The second kappa shape index (κ2) is 11.5. The van der Waals surface area contributed by atoms with Crippen molar-refractivity contribution < 1.29 is 18.7 Å². The molecule has 0 bridgehead atoms. The van der Waals surface area contributed by atoms with Crippen molar-refractivity contribution in [2.45, 2.75) is 19.0 Å². The first-order valence-corrected chi connectivity index (χ1v) is 12.3. The lowest BCUT2D eigenvalue weighted by molar-refractivity contribution is -0.121. The Morgan fingerprint density at radius 1 is 1.16 bits per heavy atom. The summed E-state index contributed by atoms with van der Waals surface area (Å²) in [6.45, 7) is 4.91. The summed E-state index contributed by atoms with van der Waals surface area (Å²) in [5.41, 5.74) is 0.390. The number of allylic oxidation sites excluding steroid dienone is 1. The van der Waals surface area contributed by atoms with Crippen molar-refractivity contribution in [1.82, 2.24) is 24.6 Å². The molecule has 194 valence electrons. The lowest BCUT2D eigenvalue weighted by Gasteiger charge is -2.26. The molecule has 1 unspecified atom stereocenters. The van der Waals surface area contributed by atoms with Crippen molar-refractivity contribution >= 4 is 23.0 Å². The molecule has 2 aliphatic heterocycles. The molecule has 4 heterocycles. The third-order valence-electron chi connectivity index (χ3n) is 6.35. The van der Waals surface area contributed by atoms with Crippen molar-refractivity contribution in [3.8, 4) is 5.82 Å². The lowest BCUT2D eigenvalue weighted by atomic mass is 10.1. The van der Waals surface area contributed by atoms with Crippen molar-refractivity contribution in [3.63, 3.8) is 0 Å². The number of carbonyl (C=O) groups excluding carboxylic acids is 1. The van der Waals surface area contributed by atoms with E-state index in [0.717, 1.165) is 38.2 Å². The van der Waals surface area contributed by atoms with Crippen LogP contribution in [0.1, 0.15) is 6.42 Å². The molecule has 0 aliphatic carbocycles. The predicted molar refractivity (Wildman–Crippen MR) is 136 cm³/mol. The standard InChI is InChI=1S/C26H29FN6O4/c27-20-2-1-19-6-9-32(23(19)17-20)24-3-4-25(34)33(30-24)13-16-37-21-5-7-28-22(18-21)26(35)29-8-10-31-11-14-36-15-12-31/h1-4,6-7,9,17-18,22H,5,8,10-16H2,(H,29,35). The van der Waals surface area contributed by atoms with E-state index in [2.05, 4.69) is 20.3 Å². The second-order valence-electron chi connectivity index (χ2n) is 8.85. The molecular weight excluding hydrogens is 479 g/mol. The molecule has 10 nitrogen and oxygen atoms in total. The van der Waals surface area contributed by atoms with Crippen molar-refractivity contribution in [2.24, 2.45) is 4.99 Å². The summed E-state index contributed by atoms with van der Waals surface area (Å²) in [5.74, 6) is 0.603. The third kappa shape index (κ3) is 6.12. The van der Waals surface area contributed by atoms with E-state index in [9.17, 15) is 14.0 Å². The minimum absolute atomic E-state index is 0.175. The fraction of sp³-hybridized carbons (Fsp3) is 0.385. The van der Waals surface area contributed by atoms with E-state index >= 15 is 0 Å². The second-order valence-corrected chi connectivity index (χ2v) is 8.85. The van der Waals surface area contributed by atoms with Crippen molar-refractivity contribution in [3.05, 3.63) is 70.6 Å². The van der Waals surface area contributed by atoms with E-state index in [1.54, 1.807) is 35.2 Å². The average molecular weight is 509 g/mol. The average Bonchev–Trinajstić information content (AvgIpc) is 3.33. The number of aromatic nitrogens is 3. The maximum Gasteiger partial charge on any atom is 0.266 e. The van der Waals surface area contributed by atoms with Crippen LogP contribution < -0.4 is 10.9 Å². The van der Waals surface area contributed by atoms with E-state index in [1.807, 2.05) is 6.07 Å². The zero-order chi connectivity index (χ0) is 25.6. The van der Waals surface area contributed by atoms with Gasteiger partial charge in [0.05, 0.1) is 25.3 Å². The molecule has 5 rings (SSSR count). The highest BCUT2D eigenvalue weighted by Gasteiger charge is 2.19. The largest absolute Gasteiger partial charge is 0.496 e. The summed E-state index contributed by atoms with van der Waals surface area (Å²) in [4.78, 5) is 31.4. The van der Waals surface area contributed by atoms with E-state index in [4.69, 9.17) is 9.47 Å². The van der Waals surface area contributed by atoms with E-state index in [1.165, 1.54) is 22.9 Å². The van der Waals surface area contributed by atoms with Gasteiger partial charge in [0.1, 0.15) is 24.2 Å². The molecule has 1 aromatic carbocycles. The van der Waals surface area contributed by atoms with Gasteiger partial charge in [0.2, 0.25) is 5.91 Å². The molecule has 1 N–H and O–H groups in total. The minimum atomic E-state index is -0.639. The highest BCUT2D eigenvalue weighted by molar-refractivity contribution is 5.86. The van der Waals surface area contributed by atoms with Gasteiger partial charge < -0.3 is 14.8 Å². The van der Waals surface area contributed by atoms with Gasteiger partial charge >= 0.3 is 0 Å². The van der Waals surface area contributed by atoms with Crippen LogP contribution in [0.25, 0.3) is 16.7 Å². The Morgan fingerprint density at radius 3 is 2.89 bits per heavy atom. The highest BCUT2D eigenvalue weighted by Crippen LogP contribution is 2.20. The first-order chi connectivity index (χ1) is 18.1. The SMILES string of the molecule is O=C(NCCN1CCOCC1)C1C=C(OCCn2nc(-n3ccc4ccc(F)cc43)ccc2=O)CC=N1. The van der Waals surface area contributed by atoms with Crippen LogP contribution >= 0.6 is 0 Å². The summed E-state index contributed by atoms with van der Waals surface area (Å²) in [7, 11) is 0. The van der Waals surface area contributed by atoms with Crippen LogP contribution in [0.3, 0.4) is 0 Å². The Morgan fingerprint density at radius 2 is 2.03 bits per heavy atom. The number of aliphatic imine (C=N–C) groups is 1. The van der Waals surface area contributed by atoms with Crippen molar-refractivity contribution in [2.75, 3.05) is 46.0 Å². The first-order valence-electron chi connectivity index (χ1n) is 12.3. The molecule has 11 heteroatoms. The van der Waals surface area contributed by atoms with Crippen LogP contribution in [0.2, 0.25) is 0 Å². The number of rotatable bonds is 9. The Bertz CT molecular complexity index is 1370. The van der Waals surface area contributed by atoms with Gasteiger partial charge in [0.25, 0.3) is 5.56 Å². The molecule has 0 saturated carbocycles. The predicted octanol–water partition coefficient (Wildman–Crippen LogP) is 1.52. The van der Waals surface area contributed by atoms with Crippen LogP contribution in [0.4, 0.5) is 4.39 Å². The number of dihydropyridines is 1. The van der Waals surface area contributed by atoms with Crippen LogP contribution in [-0.2, 0) is 20.8 Å². The molecule has 0 radical (unpaired) electrons. The number of nitrogens with zero attached hydrogens (tertiary/aromatic N) is 5. The summed E-state index contributed by atoms with van der Waals surface area (Å²) in [6, 6.07) is 8.79. The fourth-order valence-corrected chi connectivity index (χ4v) is 4.35. The van der Waals surface area contributed by atoms with E-state index < -0.39 is 6.04 Å². The molecule has 2 aromatic heterocycles. The fourth-order valence-electron chi connectivity index (χ4n) is 4.35. The van der Waals surface area contributed by atoms with Gasteiger partial charge in [-0.05, 0) is 36.4 Å². The van der Waals surface area contributed by atoms with Gasteiger partial charge in [-0.15, -0.1) is 0 Å². The molecule has 1 amide bonds. The van der Waals surface area contributed by atoms with E-state index in [0.29, 0.717) is 30.1 Å². The number of hydrogen-bond donors (Lipinski definition) is 1. The number of morpholine rings is 1. The van der Waals surface area contributed by atoms with Crippen LogP contribution in [0, 0.1) is 5.82 Å². The van der Waals surface area contributed by atoms with Gasteiger partial charge in [-0.1, -0.05) is 0 Å². The number of ether oxygens (including phenoxy) is 2. The summed E-state index contributed by atoms with van der Waals surface area (Å²) in [5, 5.41) is 8.23. The Kier molecular flexibility index (Phi) is 7.71. The molecule has 1 saturated heterocycles. The van der Waals surface area contributed by atoms with Crippen LogP contribution in [-0.4, -0.2) is 83.4 Å². The molecule has 0 spiro atoms. The maximum absolute atomic E-state index is 13.8. The normalized spacial score (nSPS) is 18.1. The summed E-state index contributed by atoms with van der Waals surface area (Å²) < 4.78 is 28.0. The Labute approximate surface area is 213 Å². The van der Waals surface area contributed by atoms with Crippen LogP contribution in [0.15, 0.2) is 64.2 Å². The lowest BCUT2D eigenvalue weighted by Crippen LogP contribution is -2.43. The first kappa shape index (κ1) is 24.8. The quantitative estimate of drug-likeness (QED) is 0.470. The maximum atomic E-state index is 13.8. The van der Waals surface area contributed by atoms with E-state index in [-0.39, 0.29) is 30.4 Å². The molecule has 1 atom stereocenters. The molecule has 37 heavy (non-hydrogen) atoms. The van der Waals surface area contributed by atoms with Gasteiger partial charge in [-0.3, -0.25) is 24.0 Å². The van der Waals surface area contributed by atoms with Gasteiger partial charge in [0.15, 0.2) is 5.82 Å². The summed E-state index contributed by atoms with van der Waals surface area (Å²) >= 11 is 0. The van der Waals surface area contributed by atoms with Gasteiger partial charge in [-0.2, -0.15) is 5.10 Å². The molecule has 1 fully saturated rings. The number of benzene rings is 1. The Hall–Kier alpha value is -3.83. The monoisotopic (exact) mass is 508 g/mol. The Balaban J connectivity index is 1.16. The number of carbonyl (C=O) groups is 1. The van der Waals surface area contributed by atoms with Gasteiger partial charge in [-0.25, -0.2) is 9.07 Å². The number of nitrogens with one attached hydrogen (secondary N) is 1. The zero-order valence-corrected chi connectivity index (χ0v) is 20.4. The number of hydrogen-bond acceptors (Lipinski definition) is 7. The highest BCUT2D eigenvalue weighted by atomic mass is 19.1. The van der Waals surface area contributed by atoms with Crippen molar-refractivity contribution in [1.29, 1.82) is 0 Å². The zero-order valence-electron chi connectivity index (χ0n) is 20.4. The summed E-state index contributed by atoms with van der Waals surface area (Å²) in [6.07, 6.45) is 5.64. The molecule has 2 aliphatic rings. The minimum Gasteiger partial charge on any atom is -0.496 e. The van der Waals surface area contributed by atoms with Gasteiger partial charge in [0, 0.05) is 56.5 Å². The topological polar surface area (TPSA) is 103 Å². The number of fused-ring (bicyclic) bond motifs is 1. The third-order valence-corrected chi connectivity index (χ3v) is 6.35. The molecular formula is C26H29FN6O4. The van der Waals surface area contributed by atoms with Crippen LogP contribution in [0.5, 0.6) is 0 Å². The smallest absolute Gasteiger partial charge is 0.266 e. The number of amides is 1. The number of halogens is 1.